The summed E-state index contributed by atoms with van der Waals surface area (Å²) in [4.78, 5) is 23.7. The summed E-state index contributed by atoms with van der Waals surface area (Å²) in [6, 6.07) is 8.36. The maximum absolute atomic E-state index is 12.5. The second-order valence-electron chi connectivity index (χ2n) is 9.36. The SMILES string of the molecule is COc1ccc(-c2noc(CN3CCN(C(=O)NCCCN(C)C4CCCCC4)CC3)n2)cc1. The molecule has 34 heavy (non-hydrogen) atoms. The van der Waals surface area contributed by atoms with E-state index >= 15 is 0 Å². The molecule has 0 bridgehead atoms. The Hall–Kier alpha value is -2.65. The summed E-state index contributed by atoms with van der Waals surface area (Å²) < 4.78 is 10.6. The quantitative estimate of drug-likeness (QED) is 0.563. The number of hydrogen-bond acceptors (Lipinski definition) is 7. The average Bonchev–Trinajstić information content (AvgIpc) is 3.35. The van der Waals surface area contributed by atoms with Crippen LogP contribution in [0, 0.1) is 0 Å². The maximum Gasteiger partial charge on any atom is 0.317 e. The number of amides is 2. The summed E-state index contributed by atoms with van der Waals surface area (Å²) in [6.07, 6.45) is 7.72. The summed E-state index contributed by atoms with van der Waals surface area (Å²) in [6.45, 7) is 5.34. The number of nitrogens with zero attached hydrogens (tertiary/aromatic N) is 5. The van der Waals surface area contributed by atoms with Crippen molar-refractivity contribution < 1.29 is 14.1 Å². The van der Waals surface area contributed by atoms with Gasteiger partial charge in [0, 0.05) is 44.3 Å². The first-order valence-corrected chi connectivity index (χ1v) is 12.5. The molecule has 1 aromatic carbocycles. The summed E-state index contributed by atoms with van der Waals surface area (Å²) in [5, 5.41) is 7.20. The molecule has 0 radical (unpaired) electrons. The molecule has 1 aliphatic carbocycles. The Morgan fingerprint density at radius 2 is 1.88 bits per heavy atom. The molecule has 1 N–H and O–H groups in total. The third-order valence-corrected chi connectivity index (χ3v) is 7.00. The van der Waals surface area contributed by atoms with Crippen molar-refractivity contribution in [2.24, 2.45) is 0 Å². The zero-order valence-electron chi connectivity index (χ0n) is 20.5. The number of rotatable bonds is 9. The van der Waals surface area contributed by atoms with Crippen molar-refractivity contribution >= 4 is 6.03 Å². The molecule has 1 saturated carbocycles. The molecule has 9 heteroatoms. The van der Waals surface area contributed by atoms with Gasteiger partial charge in [-0.15, -0.1) is 0 Å². The van der Waals surface area contributed by atoms with Crippen LogP contribution in [0.5, 0.6) is 5.75 Å². The molecule has 2 aromatic rings. The molecular weight excluding hydrogens is 432 g/mol. The largest absolute Gasteiger partial charge is 0.497 e. The lowest BCUT2D eigenvalue weighted by atomic mass is 9.94. The molecule has 0 spiro atoms. The fraction of sp³-hybridized carbons (Fsp3) is 0.640. The zero-order chi connectivity index (χ0) is 23.8. The molecule has 2 fully saturated rings. The van der Waals surface area contributed by atoms with E-state index in [9.17, 15) is 4.79 Å². The number of piperazine rings is 1. The Labute approximate surface area is 202 Å². The number of nitrogens with one attached hydrogen (secondary N) is 1. The summed E-state index contributed by atoms with van der Waals surface area (Å²) >= 11 is 0. The number of benzene rings is 1. The van der Waals surface area contributed by atoms with Gasteiger partial charge in [0.1, 0.15) is 5.75 Å². The fourth-order valence-corrected chi connectivity index (χ4v) is 4.82. The van der Waals surface area contributed by atoms with Crippen LogP contribution in [-0.2, 0) is 6.54 Å². The van der Waals surface area contributed by atoms with E-state index in [1.54, 1.807) is 7.11 Å². The molecule has 0 atom stereocenters. The lowest BCUT2D eigenvalue weighted by molar-refractivity contribution is 0.126. The van der Waals surface area contributed by atoms with E-state index in [2.05, 4.69) is 32.3 Å². The van der Waals surface area contributed by atoms with Crippen LogP contribution in [0.4, 0.5) is 4.79 Å². The number of methoxy groups -OCH3 is 1. The lowest BCUT2D eigenvalue weighted by Crippen LogP contribution is -2.51. The number of urea groups is 1. The maximum atomic E-state index is 12.5. The van der Waals surface area contributed by atoms with E-state index in [0.29, 0.717) is 31.3 Å². The molecule has 0 unspecified atom stereocenters. The minimum absolute atomic E-state index is 0.0413. The van der Waals surface area contributed by atoms with E-state index in [1.807, 2.05) is 29.2 Å². The third kappa shape index (κ3) is 6.70. The van der Waals surface area contributed by atoms with E-state index in [4.69, 9.17) is 9.26 Å². The van der Waals surface area contributed by atoms with E-state index in [0.717, 1.165) is 50.0 Å². The minimum Gasteiger partial charge on any atom is -0.497 e. The van der Waals surface area contributed by atoms with Crippen molar-refractivity contribution in [3.05, 3.63) is 30.2 Å². The topological polar surface area (TPSA) is 87.0 Å². The Morgan fingerprint density at radius 1 is 1.15 bits per heavy atom. The molecule has 186 valence electrons. The molecule has 9 nitrogen and oxygen atoms in total. The van der Waals surface area contributed by atoms with Crippen LogP contribution in [0.15, 0.2) is 28.8 Å². The average molecular weight is 471 g/mol. The van der Waals surface area contributed by atoms with Gasteiger partial charge < -0.3 is 24.4 Å². The second-order valence-corrected chi connectivity index (χ2v) is 9.36. The third-order valence-electron chi connectivity index (χ3n) is 7.00. The predicted molar refractivity (Wildman–Crippen MR) is 131 cm³/mol. The van der Waals surface area contributed by atoms with Gasteiger partial charge in [0.2, 0.25) is 11.7 Å². The molecule has 4 rings (SSSR count). The van der Waals surface area contributed by atoms with E-state index in [1.165, 1.54) is 32.1 Å². The van der Waals surface area contributed by atoms with E-state index in [-0.39, 0.29) is 6.03 Å². The number of carbonyl (C=O) groups is 1. The van der Waals surface area contributed by atoms with Crippen molar-refractivity contribution in [2.45, 2.75) is 51.1 Å². The standard InChI is InChI=1S/C25H38N6O3/c1-29(21-7-4-3-5-8-21)14-6-13-26-25(32)31-17-15-30(16-18-31)19-23-27-24(28-34-23)20-9-11-22(33-2)12-10-20/h9-12,21H,3-8,13-19H2,1-2H3,(H,26,32). The molecule has 1 aromatic heterocycles. The first-order chi connectivity index (χ1) is 16.6. The van der Waals surface area contributed by atoms with Crippen molar-refractivity contribution in [1.29, 1.82) is 0 Å². The summed E-state index contributed by atoms with van der Waals surface area (Å²) in [5.41, 5.74) is 0.891. The number of ether oxygens (including phenoxy) is 1. The van der Waals surface area contributed by atoms with Crippen molar-refractivity contribution in [3.8, 4) is 17.1 Å². The Kier molecular flexibility index (Phi) is 8.76. The van der Waals surface area contributed by atoms with Crippen LogP contribution >= 0.6 is 0 Å². The highest BCUT2D eigenvalue weighted by Crippen LogP contribution is 2.22. The fourth-order valence-electron chi connectivity index (χ4n) is 4.82. The monoisotopic (exact) mass is 470 g/mol. The first-order valence-electron chi connectivity index (χ1n) is 12.5. The smallest absolute Gasteiger partial charge is 0.317 e. The molecule has 2 amide bonds. The molecular formula is C25H38N6O3. The molecule has 1 saturated heterocycles. The van der Waals surface area contributed by atoms with Crippen LogP contribution in [0.3, 0.4) is 0 Å². The van der Waals surface area contributed by atoms with Crippen molar-refractivity contribution in [2.75, 3.05) is 53.4 Å². The molecule has 2 aliphatic rings. The summed E-state index contributed by atoms with van der Waals surface area (Å²) in [5.74, 6) is 1.96. The number of hydrogen-bond donors (Lipinski definition) is 1. The van der Waals surface area contributed by atoms with Crippen molar-refractivity contribution in [3.63, 3.8) is 0 Å². The van der Waals surface area contributed by atoms with Gasteiger partial charge in [-0.3, -0.25) is 4.90 Å². The summed E-state index contributed by atoms with van der Waals surface area (Å²) in [7, 11) is 3.86. The van der Waals surface area contributed by atoms with Crippen LogP contribution < -0.4 is 10.1 Å². The normalized spacial score (nSPS) is 17.8. The van der Waals surface area contributed by atoms with E-state index < -0.39 is 0 Å². The minimum atomic E-state index is 0.0413. The van der Waals surface area contributed by atoms with Crippen LogP contribution in [-0.4, -0.2) is 90.3 Å². The lowest BCUT2D eigenvalue weighted by Gasteiger charge is -2.34. The molecule has 1 aliphatic heterocycles. The second kappa shape index (κ2) is 12.2. The predicted octanol–water partition coefficient (Wildman–Crippen LogP) is 3.23. The van der Waals surface area contributed by atoms with Crippen LogP contribution in [0.2, 0.25) is 0 Å². The van der Waals surface area contributed by atoms with Gasteiger partial charge in [-0.05, 0) is 57.1 Å². The van der Waals surface area contributed by atoms with Gasteiger partial charge >= 0.3 is 6.03 Å². The number of carbonyl (C=O) groups excluding carboxylic acids is 1. The van der Waals surface area contributed by atoms with Crippen LogP contribution in [0.25, 0.3) is 11.4 Å². The van der Waals surface area contributed by atoms with Crippen LogP contribution in [0.1, 0.15) is 44.4 Å². The van der Waals surface area contributed by atoms with Crippen molar-refractivity contribution in [1.82, 2.24) is 30.2 Å². The highest BCUT2D eigenvalue weighted by atomic mass is 16.5. The van der Waals surface area contributed by atoms with Gasteiger partial charge in [0.05, 0.1) is 13.7 Å². The highest BCUT2D eigenvalue weighted by Gasteiger charge is 2.23. The zero-order valence-corrected chi connectivity index (χ0v) is 20.5. The van der Waals surface area contributed by atoms with Gasteiger partial charge in [0.15, 0.2) is 0 Å². The van der Waals surface area contributed by atoms with Gasteiger partial charge in [-0.1, -0.05) is 24.4 Å². The Morgan fingerprint density at radius 3 is 2.59 bits per heavy atom. The number of aromatic nitrogens is 2. The highest BCUT2D eigenvalue weighted by molar-refractivity contribution is 5.74. The van der Waals surface area contributed by atoms with Gasteiger partial charge in [-0.2, -0.15) is 4.98 Å². The first kappa shape index (κ1) is 24.5. The Balaban J connectivity index is 1.13. The van der Waals surface area contributed by atoms with Gasteiger partial charge in [-0.25, -0.2) is 4.79 Å². The molecule has 2 heterocycles. The van der Waals surface area contributed by atoms with Gasteiger partial charge in [0.25, 0.3) is 0 Å². The Bertz CT molecular complexity index is 888.